The molecule has 0 unspecified atom stereocenters. The van der Waals surface area contributed by atoms with Crippen LogP contribution in [0, 0.1) is 6.20 Å². The third kappa shape index (κ3) is 1.80. The molecule has 1 radical (unpaired) electrons. The molecule has 0 atom stereocenters. The minimum absolute atomic E-state index is 0.162. The molecule has 1 aromatic heterocycles. The van der Waals surface area contributed by atoms with E-state index in [4.69, 9.17) is 21.1 Å². The fraction of sp³-hybridized carbons (Fsp3) is 0.200. The summed E-state index contributed by atoms with van der Waals surface area (Å²) in [5, 5.41) is 0.895. The highest BCUT2D eigenvalue weighted by Crippen LogP contribution is 2.30. The van der Waals surface area contributed by atoms with Gasteiger partial charge in [-0.2, -0.15) is 0 Å². The minimum atomic E-state index is 0.162. The molecule has 0 amide bonds. The average Bonchev–Trinajstić information content (AvgIpc) is 2.27. The van der Waals surface area contributed by atoms with E-state index in [0.29, 0.717) is 17.0 Å². The molecular weight excluding hydrogens is 216 g/mol. The second-order valence-corrected chi connectivity index (χ2v) is 3.17. The lowest BCUT2D eigenvalue weighted by Gasteiger charge is -2.07. The summed E-state index contributed by atoms with van der Waals surface area (Å²) in [5.41, 5.74) is 0.674. The molecule has 2 aromatic rings. The molecule has 0 N–H and O–H groups in total. The third-order valence-corrected chi connectivity index (χ3v) is 2.15. The molecule has 5 heteroatoms. The summed E-state index contributed by atoms with van der Waals surface area (Å²) in [6, 6.07) is 3.49. The SMILES string of the molecule is COc1cc2[c]nc(Cl)nc2cc1OC. The van der Waals surface area contributed by atoms with Gasteiger partial charge in [-0.05, 0) is 17.7 Å². The molecule has 0 saturated heterocycles. The number of hydrogen-bond donors (Lipinski definition) is 0. The van der Waals surface area contributed by atoms with Gasteiger partial charge in [0.25, 0.3) is 0 Å². The number of benzene rings is 1. The number of halogens is 1. The molecule has 0 fully saturated rings. The topological polar surface area (TPSA) is 44.2 Å². The smallest absolute Gasteiger partial charge is 0.223 e. The Morgan fingerprint density at radius 1 is 1.20 bits per heavy atom. The van der Waals surface area contributed by atoms with E-state index < -0.39 is 0 Å². The van der Waals surface area contributed by atoms with E-state index in [0.717, 1.165) is 5.39 Å². The number of rotatable bonds is 2. The van der Waals surface area contributed by atoms with Gasteiger partial charge < -0.3 is 9.47 Å². The van der Waals surface area contributed by atoms with Gasteiger partial charge in [0.05, 0.1) is 19.7 Å². The van der Waals surface area contributed by atoms with E-state index in [1.165, 1.54) is 0 Å². The Bertz CT molecular complexity index is 502. The van der Waals surface area contributed by atoms with Gasteiger partial charge in [0.15, 0.2) is 11.5 Å². The predicted octanol–water partition coefficient (Wildman–Crippen LogP) is 2.10. The minimum Gasteiger partial charge on any atom is -0.493 e. The number of aromatic nitrogens is 2. The molecule has 0 spiro atoms. The molecule has 0 aliphatic heterocycles. The summed E-state index contributed by atoms with van der Waals surface area (Å²) in [7, 11) is 3.14. The van der Waals surface area contributed by atoms with Crippen molar-refractivity contribution in [1.29, 1.82) is 0 Å². The van der Waals surface area contributed by atoms with Crippen molar-refractivity contribution in [2.75, 3.05) is 14.2 Å². The summed E-state index contributed by atoms with van der Waals surface area (Å²) in [5.74, 6) is 1.22. The van der Waals surface area contributed by atoms with Gasteiger partial charge in [-0.1, -0.05) is 0 Å². The zero-order chi connectivity index (χ0) is 10.8. The van der Waals surface area contributed by atoms with E-state index in [1.54, 1.807) is 26.4 Å². The Hall–Kier alpha value is -1.55. The monoisotopic (exact) mass is 223 g/mol. The predicted molar refractivity (Wildman–Crippen MR) is 56.5 cm³/mol. The van der Waals surface area contributed by atoms with Crippen LogP contribution < -0.4 is 9.47 Å². The van der Waals surface area contributed by atoms with Crippen LogP contribution in [0.3, 0.4) is 0 Å². The third-order valence-electron chi connectivity index (χ3n) is 1.98. The average molecular weight is 224 g/mol. The Morgan fingerprint density at radius 2 is 1.87 bits per heavy atom. The van der Waals surface area contributed by atoms with Crippen LogP contribution in [-0.4, -0.2) is 24.2 Å². The lowest BCUT2D eigenvalue weighted by Crippen LogP contribution is -1.92. The molecule has 4 nitrogen and oxygen atoms in total. The van der Waals surface area contributed by atoms with E-state index in [2.05, 4.69) is 16.2 Å². The van der Waals surface area contributed by atoms with E-state index >= 15 is 0 Å². The largest absolute Gasteiger partial charge is 0.493 e. The van der Waals surface area contributed by atoms with Crippen LogP contribution in [0.25, 0.3) is 10.9 Å². The van der Waals surface area contributed by atoms with E-state index in [1.807, 2.05) is 0 Å². The Kier molecular flexibility index (Phi) is 2.60. The van der Waals surface area contributed by atoms with Crippen molar-refractivity contribution in [3.63, 3.8) is 0 Å². The molecule has 0 saturated carbocycles. The zero-order valence-corrected chi connectivity index (χ0v) is 9.00. The number of methoxy groups -OCH3 is 2. The summed E-state index contributed by atoms with van der Waals surface area (Å²) in [6.07, 6.45) is 2.77. The maximum Gasteiger partial charge on any atom is 0.223 e. The zero-order valence-electron chi connectivity index (χ0n) is 8.24. The van der Waals surface area contributed by atoms with Gasteiger partial charge in [0, 0.05) is 11.5 Å². The summed E-state index contributed by atoms with van der Waals surface area (Å²) in [4.78, 5) is 7.82. The van der Waals surface area contributed by atoms with Crippen molar-refractivity contribution in [2.24, 2.45) is 0 Å². The van der Waals surface area contributed by atoms with Crippen molar-refractivity contribution in [3.8, 4) is 11.5 Å². The van der Waals surface area contributed by atoms with Crippen LogP contribution in [0.15, 0.2) is 12.1 Å². The van der Waals surface area contributed by atoms with E-state index in [-0.39, 0.29) is 5.28 Å². The molecule has 1 aromatic carbocycles. The maximum atomic E-state index is 5.66. The van der Waals surface area contributed by atoms with Crippen LogP contribution >= 0.6 is 11.6 Å². The Morgan fingerprint density at radius 3 is 2.53 bits per heavy atom. The van der Waals surface area contributed by atoms with Gasteiger partial charge in [0.1, 0.15) is 6.20 Å². The normalized spacial score (nSPS) is 10.3. The van der Waals surface area contributed by atoms with Crippen LogP contribution in [0.4, 0.5) is 0 Å². The second kappa shape index (κ2) is 3.90. The molecule has 77 valence electrons. The van der Waals surface area contributed by atoms with Crippen molar-refractivity contribution >= 4 is 22.5 Å². The highest BCUT2D eigenvalue weighted by molar-refractivity contribution is 6.28. The van der Waals surface area contributed by atoms with Gasteiger partial charge in [-0.3, -0.25) is 0 Å². The van der Waals surface area contributed by atoms with Gasteiger partial charge in [0.2, 0.25) is 5.28 Å². The molecule has 0 aliphatic rings. The molecule has 0 aliphatic carbocycles. The molecule has 0 bridgehead atoms. The van der Waals surface area contributed by atoms with Gasteiger partial charge >= 0.3 is 0 Å². The highest BCUT2D eigenvalue weighted by atomic mass is 35.5. The van der Waals surface area contributed by atoms with Crippen molar-refractivity contribution < 1.29 is 9.47 Å². The quantitative estimate of drug-likeness (QED) is 0.732. The Labute approximate surface area is 91.8 Å². The first-order chi connectivity index (χ1) is 7.24. The Balaban J connectivity index is 2.69. The van der Waals surface area contributed by atoms with Crippen LogP contribution in [-0.2, 0) is 0 Å². The van der Waals surface area contributed by atoms with E-state index in [9.17, 15) is 0 Å². The molecule has 2 rings (SSSR count). The van der Waals surface area contributed by atoms with Crippen LogP contribution in [0.2, 0.25) is 5.28 Å². The lowest BCUT2D eigenvalue weighted by molar-refractivity contribution is 0.356. The fourth-order valence-corrected chi connectivity index (χ4v) is 1.41. The second-order valence-electron chi connectivity index (χ2n) is 2.83. The number of fused-ring (bicyclic) bond motifs is 1. The number of nitrogens with zero attached hydrogens (tertiary/aromatic N) is 2. The summed E-state index contributed by atoms with van der Waals surface area (Å²) < 4.78 is 10.3. The number of ether oxygens (including phenoxy) is 2. The van der Waals surface area contributed by atoms with Crippen molar-refractivity contribution in [1.82, 2.24) is 9.97 Å². The first-order valence-corrected chi connectivity index (χ1v) is 4.59. The van der Waals surface area contributed by atoms with Crippen LogP contribution in [0.5, 0.6) is 11.5 Å². The molecule has 1 heterocycles. The van der Waals surface area contributed by atoms with Gasteiger partial charge in [-0.25, -0.2) is 9.97 Å². The van der Waals surface area contributed by atoms with Crippen LogP contribution in [0.1, 0.15) is 0 Å². The number of hydrogen-bond acceptors (Lipinski definition) is 4. The fourth-order valence-electron chi connectivity index (χ4n) is 1.28. The summed E-state index contributed by atoms with van der Waals surface area (Å²) in [6.45, 7) is 0. The van der Waals surface area contributed by atoms with Gasteiger partial charge in [-0.15, -0.1) is 0 Å². The lowest BCUT2D eigenvalue weighted by atomic mass is 10.2. The maximum absolute atomic E-state index is 5.66. The first kappa shape index (κ1) is 9.98. The molecular formula is C10H8ClN2O2. The standard InChI is InChI=1S/C10H8ClN2O2/c1-14-8-3-6-5-12-10(11)13-7(6)4-9(8)15-2/h3-4H,1-2H3. The highest BCUT2D eigenvalue weighted by Gasteiger charge is 2.07. The first-order valence-electron chi connectivity index (χ1n) is 4.21. The van der Waals surface area contributed by atoms with Crippen molar-refractivity contribution in [2.45, 2.75) is 0 Å². The molecule has 15 heavy (non-hydrogen) atoms. The van der Waals surface area contributed by atoms with Crippen molar-refractivity contribution in [3.05, 3.63) is 23.6 Å². The summed E-state index contributed by atoms with van der Waals surface area (Å²) >= 11 is 5.66.